The molecule has 0 bridgehead atoms. The van der Waals surface area contributed by atoms with Gasteiger partial charge in [0.1, 0.15) is 11.5 Å². The van der Waals surface area contributed by atoms with E-state index in [0.29, 0.717) is 26.1 Å². The third-order valence-electron chi connectivity index (χ3n) is 4.35. The van der Waals surface area contributed by atoms with E-state index in [-0.39, 0.29) is 13.2 Å². The first-order valence-corrected chi connectivity index (χ1v) is 9.18. The Labute approximate surface area is 156 Å². The van der Waals surface area contributed by atoms with Crippen LogP contribution in [-0.4, -0.2) is 36.6 Å². The van der Waals surface area contributed by atoms with Crippen LogP contribution in [-0.2, 0) is 0 Å². The van der Waals surface area contributed by atoms with Gasteiger partial charge in [0, 0.05) is 26.1 Å². The zero-order valence-electron chi connectivity index (χ0n) is 16.3. The lowest BCUT2D eigenvalue weighted by Crippen LogP contribution is -2.03. The molecule has 0 saturated carbocycles. The highest BCUT2D eigenvalue weighted by molar-refractivity contribution is 5.70. The van der Waals surface area contributed by atoms with E-state index < -0.39 is 0 Å². The highest BCUT2D eigenvalue weighted by Crippen LogP contribution is 2.34. The second-order valence-electron chi connectivity index (χ2n) is 6.73. The summed E-state index contributed by atoms with van der Waals surface area (Å²) in [4.78, 5) is 0. The maximum atomic E-state index is 8.92. The molecule has 4 heteroatoms. The Balaban J connectivity index is 2.28. The normalized spacial score (nSPS) is 10.8. The van der Waals surface area contributed by atoms with Crippen LogP contribution in [0.1, 0.15) is 35.1 Å². The highest BCUT2D eigenvalue weighted by Gasteiger charge is 2.11. The van der Waals surface area contributed by atoms with Gasteiger partial charge >= 0.3 is 0 Å². The average molecular weight is 358 g/mol. The first kappa shape index (κ1) is 20.3. The van der Waals surface area contributed by atoms with E-state index in [2.05, 4.69) is 52.0 Å². The lowest BCUT2D eigenvalue weighted by molar-refractivity contribution is 0.232. The minimum Gasteiger partial charge on any atom is -0.493 e. The standard InChI is InChI=1S/C22H30O4/c1-15-11-19(12-16(2)21(15)25-9-5-7-23)20-13-17(3)22(18(4)14-20)26-10-6-8-24/h11-14,23-24H,5-10H2,1-4H3. The fourth-order valence-corrected chi connectivity index (χ4v) is 3.17. The van der Waals surface area contributed by atoms with Crippen molar-refractivity contribution in [2.75, 3.05) is 26.4 Å². The monoisotopic (exact) mass is 358 g/mol. The second kappa shape index (κ2) is 9.60. The Bertz CT molecular complexity index is 627. The first-order chi connectivity index (χ1) is 12.5. The molecule has 0 aliphatic heterocycles. The predicted octanol–water partition coefficient (Wildman–Crippen LogP) is 4.11. The number of benzene rings is 2. The van der Waals surface area contributed by atoms with Crippen LogP contribution in [0.5, 0.6) is 11.5 Å². The molecule has 0 aliphatic rings. The van der Waals surface area contributed by atoms with Crippen LogP contribution >= 0.6 is 0 Å². The molecular formula is C22H30O4. The van der Waals surface area contributed by atoms with Crippen LogP contribution < -0.4 is 9.47 Å². The first-order valence-electron chi connectivity index (χ1n) is 9.18. The molecule has 0 aromatic heterocycles. The van der Waals surface area contributed by atoms with Crippen molar-refractivity contribution in [3.8, 4) is 22.6 Å². The highest BCUT2D eigenvalue weighted by atomic mass is 16.5. The van der Waals surface area contributed by atoms with Crippen LogP contribution in [0, 0.1) is 27.7 Å². The van der Waals surface area contributed by atoms with Gasteiger partial charge in [-0.3, -0.25) is 0 Å². The summed E-state index contributed by atoms with van der Waals surface area (Å²) >= 11 is 0. The Morgan fingerprint density at radius 2 is 0.923 bits per heavy atom. The molecule has 0 unspecified atom stereocenters. The molecule has 0 amide bonds. The van der Waals surface area contributed by atoms with Crippen LogP contribution in [0.25, 0.3) is 11.1 Å². The van der Waals surface area contributed by atoms with Gasteiger partial charge in [0.05, 0.1) is 13.2 Å². The number of aryl methyl sites for hydroxylation is 4. The van der Waals surface area contributed by atoms with E-state index >= 15 is 0 Å². The van der Waals surface area contributed by atoms with Crippen LogP contribution in [0.4, 0.5) is 0 Å². The molecule has 4 nitrogen and oxygen atoms in total. The van der Waals surface area contributed by atoms with Gasteiger partial charge in [0.25, 0.3) is 0 Å². The molecule has 2 N–H and O–H groups in total. The molecule has 142 valence electrons. The maximum Gasteiger partial charge on any atom is 0.125 e. The Kier molecular flexibility index (Phi) is 7.49. The summed E-state index contributed by atoms with van der Waals surface area (Å²) in [5, 5.41) is 17.8. The molecule has 0 atom stereocenters. The summed E-state index contributed by atoms with van der Waals surface area (Å²) in [5.74, 6) is 1.80. The predicted molar refractivity (Wildman–Crippen MR) is 105 cm³/mol. The third kappa shape index (κ3) is 4.99. The van der Waals surface area contributed by atoms with Crippen molar-refractivity contribution < 1.29 is 19.7 Å². The molecule has 0 aliphatic carbocycles. The summed E-state index contributed by atoms with van der Waals surface area (Å²) in [6.45, 7) is 9.54. The van der Waals surface area contributed by atoms with E-state index in [9.17, 15) is 0 Å². The molecule has 2 aromatic carbocycles. The summed E-state index contributed by atoms with van der Waals surface area (Å²) < 4.78 is 11.6. The lowest BCUT2D eigenvalue weighted by Gasteiger charge is -2.16. The minimum atomic E-state index is 0.140. The fourth-order valence-electron chi connectivity index (χ4n) is 3.17. The van der Waals surface area contributed by atoms with Gasteiger partial charge in [-0.1, -0.05) is 0 Å². The quantitative estimate of drug-likeness (QED) is 0.662. The number of rotatable bonds is 9. The van der Waals surface area contributed by atoms with Crippen molar-refractivity contribution in [1.29, 1.82) is 0 Å². The summed E-state index contributed by atoms with van der Waals surface area (Å²) in [6.07, 6.45) is 1.27. The SMILES string of the molecule is Cc1cc(-c2cc(C)c(OCCCO)c(C)c2)cc(C)c1OCCCO. The van der Waals surface area contributed by atoms with Gasteiger partial charge in [0.15, 0.2) is 0 Å². The zero-order chi connectivity index (χ0) is 19.1. The van der Waals surface area contributed by atoms with Crippen molar-refractivity contribution in [2.45, 2.75) is 40.5 Å². The van der Waals surface area contributed by atoms with Gasteiger partial charge in [-0.25, -0.2) is 0 Å². The van der Waals surface area contributed by atoms with E-state index in [1.165, 1.54) is 0 Å². The van der Waals surface area contributed by atoms with E-state index in [0.717, 1.165) is 44.9 Å². The molecule has 0 fully saturated rings. The van der Waals surface area contributed by atoms with Crippen LogP contribution in [0.2, 0.25) is 0 Å². The van der Waals surface area contributed by atoms with Gasteiger partial charge in [-0.15, -0.1) is 0 Å². The Hall–Kier alpha value is -2.04. The molecule has 0 radical (unpaired) electrons. The molecule has 0 saturated heterocycles. The summed E-state index contributed by atoms with van der Waals surface area (Å²) in [7, 11) is 0. The second-order valence-corrected chi connectivity index (χ2v) is 6.73. The number of aliphatic hydroxyl groups is 2. The molecule has 26 heavy (non-hydrogen) atoms. The minimum absolute atomic E-state index is 0.140. The van der Waals surface area contributed by atoms with Crippen molar-refractivity contribution in [3.63, 3.8) is 0 Å². The largest absolute Gasteiger partial charge is 0.493 e. The summed E-state index contributed by atoms with van der Waals surface area (Å²) in [6, 6.07) is 8.56. The van der Waals surface area contributed by atoms with Crippen molar-refractivity contribution in [3.05, 3.63) is 46.5 Å². The number of hydrogen-bond acceptors (Lipinski definition) is 4. The van der Waals surface area contributed by atoms with Crippen LogP contribution in [0.15, 0.2) is 24.3 Å². The van der Waals surface area contributed by atoms with Gasteiger partial charge < -0.3 is 19.7 Å². The van der Waals surface area contributed by atoms with Crippen molar-refractivity contribution in [1.82, 2.24) is 0 Å². The number of ether oxygens (including phenoxy) is 2. The topological polar surface area (TPSA) is 58.9 Å². The van der Waals surface area contributed by atoms with E-state index in [1.54, 1.807) is 0 Å². The zero-order valence-corrected chi connectivity index (χ0v) is 16.3. The van der Waals surface area contributed by atoms with Gasteiger partial charge in [0.2, 0.25) is 0 Å². The Morgan fingerprint density at radius 3 is 1.19 bits per heavy atom. The van der Waals surface area contributed by atoms with Crippen molar-refractivity contribution >= 4 is 0 Å². The molecule has 2 rings (SSSR count). The van der Waals surface area contributed by atoms with E-state index in [1.807, 2.05) is 0 Å². The average Bonchev–Trinajstić information content (AvgIpc) is 2.59. The summed E-state index contributed by atoms with van der Waals surface area (Å²) in [5.41, 5.74) is 6.69. The molecular weight excluding hydrogens is 328 g/mol. The number of aliphatic hydroxyl groups excluding tert-OH is 2. The lowest BCUT2D eigenvalue weighted by atomic mass is 9.96. The molecule has 0 spiro atoms. The number of hydrogen-bond donors (Lipinski definition) is 2. The van der Waals surface area contributed by atoms with Gasteiger partial charge in [-0.2, -0.15) is 0 Å². The third-order valence-corrected chi connectivity index (χ3v) is 4.35. The smallest absolute Gasteiger partial charge is 0.125 e. The van der Waals surface area contributed by atoms with E-state index in [4.69, 9.17) is 19.7 Å². The fraction of sp³-hybridized carbons (Fsp3) is 0.455. The molecule has 0 heterocycles. The van der Waals surface area contributed by atoms with Crippen molar-refractivity contribution in [2.24, 2.45) is 0 Å². The Morgan fingerprint density at radius 1 is 0.615 bits per heavy atom. The van der Waals surface area contributed by atoms with Crippen LogP contribution in [0.3, 0.4) is 0 Å². The van der Waals surface area contributed by atoms with Gasteiger partial charge in [-0.05, 0) is 85.3 Å². The molecule has 2 aromatic rings. The maximum absolute atomic E-state index is 8.92.